The number of hydrogen-bond donors (Lipinski definition) is 2. The van der Waals surface area contributed by atoms with E-state index in [1.807, 2.05) is 12.1 Å². The number of carbonyl (C=O) groups is 1. The Bertz CT molecular complexity index is 666. The summed E-state index contributed by atoms with van der Waals surface area (Å²) in [6, 6.07) is 9.23. The molecule has 0 aliphatic heterocycles. The largest absolute Gasteiger partial charge is 0.426 e. The van der Waals surface area contributed by atoms with Gasteiger partial charge in [0.25, 0.3) is 5.95 Å². The van der Waals surface area contributed by atoms with Gasteiger partial charge in [0, 0.05) is 10.5 Å². The van der Waals surface area contributed by atoms with Crippen LogP contribution in [0.4, 0.5) is 4.79 Å². The molecular formula is C15H15BrN2O4. The normalized spacial score (nSPS) is 12.3. The summed E-state index contributed by atoms with van der Waals surface area (Å²) in [4.78, 5) is 10.8. The van der Waals surface area contributed by atoms with Crippen molar-refractivity contribution in [1.29, 1.82) is 0 Å². The number of carbonyl (C=O) groups excluding carboxylic acids is 1. The van der Waals surface area contributed by atoms with Crippen molar-refractivity contribution in [3.8, 4) is 11.7 Å². The van der Waals surface area contributed by atoms with Gasteiger partial charge in [-0.05, 0) is 43.3 Å². The van der Waals surface area contributed by atoms with Crippen molar-refractivity contribution in [2.75, 3.05) is 0 Å². The number of nitrogens with zero attached hydrogens (tertiary/aromatic N) is 1. The summed E-state index contributed by atoms with van der Waals surface area (Å²) in [5.74, 6) is 1.51. The van der Waals surface area contributed by atoms with Gasteiger partial charge in [0.2, 0.25) is 0 Å². The first-order chi connectivity index (χ1) is 10.5. The molecule has 6 nitrogen and oxygen atoms in total. The summed E-state index contributed by atoms with van der Waals surface area (Å²) in [6.07, 6.45) is 3.19. The van der Waals surface area contributed by atoms with Gasteiger partial charge in [0.1, 0.15) is 11.5 Å². The minimum absolute atomic E-state index is 0.338. The Hall–Kier alpha value is -2.25. The summed E-state index contributed by atoms with van der Waals surface area (Å²) in [5.41, 5.74) is 4.96. The van der Waals surface area contributed by atoms with E-state index in [-0.39, 0.29) is 0 Å². The van der Waals surface area contributed by atoms with Gasteiger partial charge in [-0.3, -0.25) is 5.21 Å². The van der Waals surface area contributed by atoms with Crippen LogP contribution < -0.4 is 10.5 Å². The van der Waals surface area contributed by atoms with Crippen molar-refractivity contribution in [1.82, 2.24) is 5.06 Å². The number of primary amides is 1. The van der Waals surface area contributed by atoms with E-state index in [0.29, 0.717) is 22.5 Å². The molecule has 3 N–H and O–H groups in total. The van der Waals surface area contributed by atoms with Crippen LogP contribution >= 0.6 is 15.9 Å². The fourth-order valence-electron chi connectivity index (χ4n) is 1.61. The Balaban J connectivity index is 1.99. The number of rotatable bonds is 5. The zero-order valence-corrected chi connectivity index (χ0v) is 13.4. The molecule has 2 rings (SSSR count). The molecule has 0 spiro atoms. The Morgan fingerprint density at radius 1 is 1.36 bits per heavy atom. The number of ether oxygens (including phenoxy) is 1. The molecule has 0 aliphatic rings. The number of amides is 2. The lowest BCUT2D eigenvalue weighted by atomic mass is 10.3. The maximum absolute atomic E-state index is 10.8. The van der Waals surface area contributed by atoms with Crippen molar-refractivity contribution >= 4 is 28.0 Å². The molecule has 2 aromatic rings. The SMILES string of the molecule is CC(C=Cc1ccc(Oc2ccc(Br)cc2)o1)N(O)C(N)=O. The van der Waals surface area contributed by atoms with E-state index in [2.05, 4.69) is 15.9 Å². The van der Waals surface area contributed by atoms with Gasteiger partial charge in [0.15, 0.2) is 0 Å². The monoisotopic (exact) mass is 366 g/mol. The fourth-order valence-corrected chi connectivity index (χ4v) is 1.88. The molecular weight excluding hydrogens is 352 g/mol. The molecule has 1 heterocycles. The summed E-state index contributed by atoms with van der Waals surface area (Å²) >= 11 is 3.35. The highest BCUT2D eigenvalue weighted by Crippen LogP contribution is 2.25. The van der Waals surface area contributed by atoms with Crippen LogP contribution in [0.3, 0.4) is 0 Å². The molecule has 0 aliphatic carbocycles. The van der Waals surface area contributed by atoms with E-state index in [1.54, 1.807) is 43.3 Å². The Kier molecular flexibility index (Phi) is 5.24. The summed E-state index contributed by atoms with van der Waals surface area (Å²) < 4.78 is 12.0. The predicted molar refractivity (Wildman–Crippen MR) is 84.6 cm³/mol. The molecule has 2 amide bonds. The van der Waals surface area contributed by atoms with Crippen molar-refractivity contribution in [3.63, 3.8) is 0 Å². The first kappa shape index (κ1) is 16.1. The van der Waals surface area contributed by atoms with Gasteiger partial charge in [-0.25, -0.2) is 4.79 Å². The van der Waals surface area contributed by atoms with Crippen LogP contribution in [0.1, 0.15) is 12.7 Å². The van der Waals surface area contributed by atoms with Gasteiger partial charge in [-0.15, -0.1) is 0 Å². The molecule has 1 aromatic heterocycles. The first-order valence-electron chi connectivity index (χ1n) is 6.44. The van der Waals surface area contributed by atoms with Crippen LogP contribution in [-0.4, -0.2) is 22.3 Å². The summed E-state index contributed by atoms with van der Waals surface area (Å²) in [6.45, 7) is 1.61. The van der Waals surface area contributed by atoms with Crippen molar-refractivity contribution in [2.45, 2.75) is 13.0 Å². The molecule has 0 bridgehead atoms. The maximum Gasteiger partial charge on any atom is 0.339 e. The lowest BCUT2D eigenvalue weighted by molar-refractivity contribution is -0.0560. The third kappa shape index (κ3) is 4.37. The Morgan fingerprint density at radius 2 is 2.05 bits per heavy atom. The highest BCUT2D eigenvalue weighted by atomic mass is 79.9. The number of urea groups is 1. The maximum atomic E-state index is 10.8. The average molecular weight is 367 g/mol. The molecule has 1 aromatic carbocycles. The lowest BCUT2D eigenvalue weighted by Crippen LogP contribution is -2.38. The van der Waals surface area contributed by atoms with Crippen molar-refractivity contribution < 1.29 is 19.2 Å². The molecule has 0 saturated carbocycles. The molecule has 0 radical (unpaired) electrons. The quantitative estimate of drug-likeness (QED) is 0.617. The topological polar surface area (TPSA) is 88.9 Å². The van der Waals surface area contributed by atoms with E-state index >= 15 is 0 Å². The number of hydrogen-bond acceptors (Lipinski definition) is 4. The zero-order valence-electron chi connectivity index (χ0n) is 11.8. The standard InChI is InChI=1S/C15H15BrN2O4/c1-10(18(20)15(17)19)2-5-12-8-9-14(21-12)22-13-6-3-11(16)4-7-13/h2-10,20H,1H3,(H2,17,19). The lowest BCUT2D eigenvalue weighted by Gasteiger charge is -2.16. The second kappa shape index (κ2) is 7.15. The third-order valence-corrected chi connectivity index (χ3v) is 3.31. The van der Waals surface area contributed by atoms with Crippen LogP contribution in [0.25, 0.3) is 6.08 Å². The highest BCUT2D eigenvalue weighted by Gasteiger charge is 2.11. The third-order valence-electron chi connectivity index (χ3n) is 2.78. The summed E-state index contributed by atoms with van der Waals surface area (Å²) in [5, 5.41) is 9.77. The number of halogens is 1. The van der Waals surface area contributed by atoms with Gasteiger partial charge < -0.3 is 14.9 Å². The van der Waals surface area contributed by atoms with Gasteiger partial charge in [-0.1, -0.05) is 22.0 Å². The van der Waals surface area contributed by atoms with Gasteiger partial charge in [-0.2, -0.15) is 5.06 Å². The van der Waals surface area contributed by atoms with E-state index in [0.717, 1.165) is 4.47 Å². The number of hydroxylamine groups is 2. The van der Waals surface area contributed by atoms with Crippen LogP contribution in [0.15, 0.2) is 51.4 Å². The molecule has 1 unspecified atom stereocenters. The second-order valence-corrected chi connectivity index (χ2v) is 5.41. The zero-order chi connectivity index (χ0) is 16.1. The molecule has 0 saturated heterocycles. The van der Waals surface area contributed by atoms with Gasteiger partial charge in [0.05, 0.1) is 6.04 Å². The molecule has 1 atom stereocenters. The minimum atomic E-state index is -0.921. The Labute approximate surface area is 135 Å². The smallest absolute Gasteiger partial charge is 0.339 e. The predicted octanol–water partition coefficient (Wildman–Crippen LogP) is 4.01. The van der Waals surface area contributed by atoms with Crippen LogP contribution in [0, 0.1) is 0 Å². The average Bonchev–Trinajstić information content (AvgIpc) is 2.94. The van der Waals surface area contributed by atoms with E-state index in [9.17, 15) is 10.0 Å². The molecule has 0 fully saturated rings. The first-order valence-corrected chi connectivity index (χ1v) is 7.24. The summed E-state index contributed by atoms with van der Waals surface area (Å²) in [7, 11) is 0. The second-order valence-electron chi connectivity index (χ2n) is 4.50. The van der Waals surface area contributed by atoms with Crippen LogP contribution in [0.2, 0.25) is 0 Å². The number of nitrogens with two attached hydrogens (primary N) is 1. The van der Waals surface area contributed by atoms with E-state index < -0.39 is 12.1 Å². The minimum Gasteiger partial charge on any atom is -0.426 e. The van der Waals surface area contributed by atoms with Gasteiger partial charge >= 0.3 is 6.03 Å². The van der Waals surface area contributed by atoms with Crippen LogP contribution in [0.5, 0.6) is 11.7 Å². The molecule has 7 heteroatoms. The molecule has 116 valence electrons. The highest BCUT2D eigenvalue weighted by molar-refractivity contribution is 9.10. The van der Waals surface area contributed by atoms with Crippen molar-refractivity contribution in [3.05, 3.63) is 52.7 Å². The van der Waals surface area contributed by atoms with E-state index in [4.69, 9.17) is 14.9 Å². The Morgan fingerprint density at radius 3 is 2.68 bits per heavy atom. The van der Waals surface area contributed by atoms with Crippen molar-refractivity contribution in [2.24, 2.45) is 5.73 Å². The number of furan rings is 1. The van der Waals surface area contributed by atoms with E-state index in [1.165, 1.54) is 0 Å². The molecule has 22 heavy (non-hydrogen) atoms. The number of benzene rings is 1. The fraction of sp³-hybridized carbons (Fsp3) is 0.133. The van der Waals surface area contributed by atoms with Crippen LogP contribution in [-0.2, 0) is 0 Å².